The molecule has 0 radical (unpaired) electrons. The standard InChI is InChI=1S/C12H17N5O2/c18-11-5-9(6-17(11)10-3-1-2-4-10)12(19)15-16-7-13-14-8-16/h7-10H,1-6H2,(H,15,19)/t9-/m1/s1. The van der Waals surface area contributed by atoms with Gasteiger partial charge in [-0.25, -0.2) is 4.68 Å². The number of nitrogens with zero attached hydrogens (tertiary/aromatic N) is 4. The van der Waals surface area contributed by atoms with Gasteiger partial charge >= 0.3 is 0 Å². The minimum Gasteiger partial charge on any atom is -0.339 e. The molecule has 0 aromatic carbocycles. The second kappa shape index (κ2) is 4.99. The van der Waals surface area contributed by atoms with Crippen LogP contribution < -0.4 is 5.43 Å². The second-order valence-electron chi connectivity index (χ2n) is 5.23. The summed E-state index contributed by atoms with van der Waals surface area (Å²) >= 11 is 0. The van der Waals surface area contributed by atoms with E-state index in [9.17, 15) is 9.59 Å². The van der Waals surface area contributed by atoms with Crippen molar-refractivity contribution in [2.45, 2.75) is 38.1 Å². The van der Waals surface area contributed by atoms with E-state index >= 15 is 0 Å². The van der Waals surface area contributed by atoms with Gasteiger partial charge in [0.1, 0.15) is 12.7 Å². The summed E-state index contributed by atoms with van der Waals surface area (Å²) in [6, 6.07) is 0.347. The van der Waals surface area contributed by atoms with Gasteiger partial charge < -0.3 is 4.90 Å². The minimum atomic E-state index is -0.268. The minimum absolute atomic E-state index is 0.107. The molecule has 2 amide bonds. The van der Waals surface area contributed by atoms with E-state index in [2.05, 4.69) is 15.6 Å². The normalized spacial score (nSPS) is 24.1. The zero-order chi connectivity index (χ0) is 13.2. The van der Waals surface area contributed by atoms with Crippen molar-refractivity contribution in [3.63, 3.8) is 0 Å². The van der Waals surface area contributed by atoms with Crippen LogP contribution in [0.5, 0.6) is 0 Å². The first-order valence-electron chi connectivity index (χ1n) is 6.69. The number of aromatic nitrogens is 3. The van der Waals surface area contributed by atoms with Crippen molar-refractivity contribution in [2.75, 3.05) is 12.0 Å². The highest BCUT2D eigenvalue weighted by Gasteiger charge is 2.38. The van der Waals surface area contributed by atoms with Crippen LogP contribution in [0.2, 0.25) is 0 Å². The number of hydrogen-bond acceptors (Lipinski definition) is 4. The van der Waals surface area contributed by atoms with E-state index in [-0.39, 0.29) is 17.7 Å². The van der Waals surface area contributed by atoms with Gasteiger partial charge in [-0.3, -0.25) is 15.0 Å². The molecular formula is C12H17N5O2. The summed E-state index contributed by atoms with van der Waals surface area (Å²) in [5.74, 6) is -0.306. The first-order chi connectivity index (χ1) is 9.24. The predicted molar refractivity (Wildman–Crippen MR) is 66.5 cm³/mol. The fourth-order valence-electron chi connectivity index (χ4n) is 2.95. The SMILES string of the molecule is O=C(Nn1cnnc1)[C@@H]1CC(=O)N(C2CCCC2)C1. The second-order valence-corrected chi connectivity index (χ2v) is 5.23. The first kappa shape index (κ1) is 12.1. The zero-order valence-corrected chi connectivity index (χ0v) is 10.7. The lowest BCUT2D eigenvalue weighted by Crippen LogP contribution is -2.36. The molecule has 0 spiro atoms. The molecule has 1 saturated heterocycles. The van der Waals surface area contributed by atoms with Crippen molar-refractivity contribution in [3.05, 3.63) is 12.7 Å². The quantitative estimate of drug-likeness (QED) is 0.841. The lowest BCUT2D eigenvalue weighted by Gasteiger charge is -2.23. The van der Waals surface area contributed by atoms with E-state index in [1.54, 1.807) is 0 Å². The van der Waals surface area contributed by atoms with Gasteiger partial charge in [-0.2, -0.15) is 0 Å². The number of carbonyl (C=O) groups is 2. The molecule has 7 heteroatoms. The lowest BCUT2D eigenvalue weighted by atomic mass is 10.1. The fourth-order valence-corrected chi connectivity index (χ4v) is 2.95. The third kappa shape index (κ3) is 2.45. The predicted octanol–water partition coefficient (Wildman–Crippen LogP) is 0.139. The number of rotatable bonds is 3. The molecule has 1 atom stereocenters. The van der Waals surface area contributed by atoms with E-state index in [0.717, 1.165) is 12.8 Å². The molecule has 1 aliphatic heterocycles. The largest absolute Gasteiger partial charge is 0.339 e. The Bertz CT molecular complexity index is 466. The third-order valence-electron chi connectivity index (χ3n) is 3.95. The van der Waals surface area contributed by atoms with Gasteiger partial charge in [-0.15, -0.1) is 10.2 Å². The summed E-state index contributed by atoms with van der Waals surface area (Å²) in [6.07, 6.45) is 7.67. The molecule has 2 fully saturated rings. The fraction of sp³-hybridized carbons (Fsp3) is 0.667. The van der Waals surface area contributed by atoms with Crippen LogP contribution in [0, 0.1) is 5.92 Å². The number of hydrogen-bond donors (Lipinski definition) is 1. The Morgan fingerprint density at radius 1 is 1.26 bits per heavy atom. The average molecular weight is 263 g/mol. The van der Waals surface area contributed by atoms with Gasteiger partial charge in [0.15, 0.2) is 0 Å². The van der Waals surface area contributed by atoms with E-state index in [0.29, 0.717) is 19.0 Å². The molecule has 1 saturated carbocycles. The summed E-state index contributed by atoms with van der Waals surface area (Å²) in [4.78, 5) is 25.9. The number of likely N-dealkylation sites (tertiary alicyclic amines) is 1. The van der Waals surface area contributed by atoms with Crippen molar-refractivity contribution >= 4 is 11.8 Å². The van der Waals surface area contributed by atoms with Crippen LogP contribution >= 0.6 is 0 Å². The van der Waals surface area contributed by atoms with Crippen molar-refractivity contribution in [3.8, 4) is 0 Å². The Morgan fingerprint density at radius 2 is 1.95 bits per heavy atom. The highest BCUT2D eigenvalue weighted by Crippen LogP contribution is 2.29. The summed E-state index contributed by atoms with van der Waals surface area (Å²) < 4.78 is 1.41. The topological polar surface area (TPSA) is 80.1 Å². The van der Waals surface area contributed by atoms with Crippen LogP contribution in [0.3, 0.4) is 0 Å². The molecular weight excluding hydrogens is 246 g/mol. The Morgan fingerprint density at radius 3 is 2.63 bits per heavy atom. The van der Waals surface area contributed by atoms with E-state index in [1.165, 1.54) is 30.2 Å². The van der Waals surface area contributed by atoms with Crippen molar-refractivity contribution in [1.29, 1.82) is 0 Å². The molecule has 1 aromatic rings. The molecule has 102 valence electrons. The van der Waals surface area contributed by atoms with Crippen LogP contribution in [0.4, 0.5) is 0 Å². The van der Waals surface area contributed by atoms with Gasteiger partial charge in [-0.05, 0) is 12.8 Å². The van der Waals surface area contributed by atoms with Gasteiger partial charge in [0.2, 0.25) is 11.8 Å². The summed E-state index contributed by atoms with van der Waals surface area (Å²) in [5, 5.41) is 7.23. The van der Waals surface area contributed by atoms with E-state index < -0.39 is 0 Å². The molecule has 1 aromatic heterocycles. The monoisotopic (exact) mass is 263 g/mol. The highest BCUT2D eigenvalue weighted by molar-refractivity contribution is 5.93. The number of amides is 2. The Balaban J connectivity index is 1.60. The molecule has 0 bridgehead atoms. The van der Waals surface area contributed by atoms with Crippen molar-refractivity contribution < 1.29 is 9.59 Å². The summed E-state index contributed by atoms with van der Waals surface area (Å²) in [7, 11) is 0. The molecule has 2 heterocycles. The Labute approximate surface area is 110 Å². The zero-order valence-electron chi connectivity index (χ0n) is 10.7. The first-order valence-corrected chi connectivity index (χ1v) is 6.69. The van der Waals surface area contributed by atoms with Gasteiger partial charge in [-0.1, -0.05) is 12.8 Å². The molecule has 7 nitrogen and oxygen atoms in total. The van der Waals surface area contributed by atoms with Crippen LogP contribution in [0.15, 0.2) is 12.7 Å². The molecule has 1 aliphatic carbocycles. The van der Waals surface area contributed by atoms with Crippen molar-refractivity contribution in [2.24, 2.45) is 5.92 Å². The van der Waals surface area contributed by atoms with Crippen molar-refractivity contribution in [1.82, 2.24) is 19.8 Å². The van der Waals surface area contributed by atoms with Crippen LogP contribution in [-0.4, -0.2) is 44.2 Å². The smallest absolute Gasteiger partial charge is 0.244 e. The Kier molecular flexibility index (Phi) is 3.18. The van der Waals surface area contributed by atoms with Gasteiger partial charge in [0.05, 0.1) is 5.92 Å². The maximum absolute atomic E-state index is 12.1. The molecule has 19 heavy (non-hydrogen) atoms. The van der Waals surface area contributed by atoms with Gasteiger partial charge in [0, 0.05) is 19.0 Å². The third-order valence-corrected chi connectivity index (χ3v) is 3.95. The number of nitrogens with one attached hydrogen (secondary N) is 1. The van der Waals surface area contributed by atoms with E-state index in [1.807, 2.05) is 4.90 Å². The van der Waals surface area contributed by atoms with Crippen LogP contribution in [0.25, 0.3) is 0 Å². The molecule has 3 rings (SSSR count). The Hall–Kier alpha value is -1.92. The molecule has 1 N–H and O–H groups in total. The van der Waals surface area contributed by atoms with Crippen LogP contribution in [-0.2, 0) is 9.59 Å². The molecule has 0 unspecified atom stereocenters. The molecule has 2 aliphatic rings. The maximum atomic E-state index is 12.1. The maximum Gasteiger partial charge on any atom is 0.244 e. The number of carbonyl (C=O) groups excluding carboxylic acids is 2. The lowest BCUT2D eigenvalue weighted by molar-refractivity contribution is -0.130. The van der Waals surface area contributed by atoms with Crippen LogP contribution in [0.1, 0.15) is 32.1 Å². The highest BCUT2D eigenvalue weighted by atomic mass is 16.2. The van der Waals surface area contributed by atoms with Gasteiger partial charge in [0.25, 0.3) is 0 Å². The summed E-state index contributed by atoms with van der Waals surface area (Å²) in [6.45, 7) is 0.539. The average Bonchev–Trinajstić information content (AvgIpc) is 3.07. The van der Waals surface area contributed by atoms with E-state index in [4.69, 9.17) is 0 Å². The summed E-state index contributed by atoms with van der Waals surface area (Å²) in [5.41, 5.74) is 2.67.